The molecule has 0 amide bonds. The molecule has 4 rings (SSSR count). The van der Waals surface area contributed by atoms with Crippen LogP contribution >= 0.6 is 0 Å². The summed E-state index contributed by atoms with van der Waals surface area (Å²) in [6.07, 6.45) is 6.34. The number of para-hydroxylation sites is 1. The van der Waals surface area contributed by atoms with Gasteiger partial charge in [0, 0.05) is 35.8 Å². The number of rotatable bonds is 8. The van der Waals surface area contributed by atoms with E-state index >= 15 is 0 Å². The van der Waals surface area contributed by atoms with Gasteiger partial charge in [0.2, 0.25) is 0 Å². The van der Waals surface area contributed by atoms with E-state index in [2.05, 4.69) is 45.6 Å². The largest absolute Gasteiger partial charge is 0.384 e. The molecule has 0 radical (unpaired) electrons. The minimum absolute atomic E-state index is 0.373. The van der Waals surface area contributed by atoms with Crippen molar-refractivity contribution in [1.29, 1.82) is 0 Å². The Kier molecular flexibility index (Phi) is 5.60. The predicted molar refractivity (Wildman–Crippen MR) is 118 cm³/mol. The van der Waals surface area contributed by atoms with Gasteiger partial charge < -0.3 is 10.4 Å². The molecule has 5 nitrogen and oxygen atoms in total. The van der Waals surface area contributed by atoms with Crippen LogP contribution in [0.5, 0.6) is 0 Å². The molecule has 0 saturated heterocycles. The lowest BCUT2D eigenvalue weighted by Gasteiger charge is -2.23. The summed E-state index contributed by atoms with van der Waals surface area (Å²) in [6.45, 7) is 4.90. The van der Waals surface area contributed by atoms with Gasteiger partial charge in [0.25, 0.3) is 0 Å². The van der Waals surface area contributed by atoms with Crippen LogP contribution in [0.25, 0.3) is 21.7 Å². The Morgan fingerprint density at radius 2 is 2.00 bits per heavy atom. The Hall–Kier alpha value is -2.76. The van der Waals surface area contributed by atoms with Crippen LogP contribution in [-0.2, 0) is 12.1 Å². The standard InChI is InChI=1S/C24H28N4O/c1-17(26-15-18-9-10-20-16-25-13-11-19(20)14-18)6-5-12-24(2,29)23-21-7-3-4-8-22(21)27-28-23/h3-4,7-11,13-14,16-17,26,29H,5-6,12,15H2,1-2H3,(H,27,28)/t17-,24?/m1/s1. The van der Waals surface area contributed by atoms with Gasteiger partial charge in [-0.1, -0.05) is 30.3 Å². The zero-order valence-corrected chi connectivity index (χ0v) is 17.0. The summed E-state index contributed by atoms with van der Waals surface area (Å²) in [4.78, 5) is 4.16. The lowest BCUT2D eigenvalue weighted by atomic mass is 9.92. The molecule has 5 heteroatoms. The number of aliphatic hydroxyl groups is 1. The summed E-state index contributed by atoms with van der Waals surface area (Å²) in [5, 5.41) is 25.3. The number of nitrogens with one attached hydrogen (secondary N) is 2. The Morgan fingerprint density at radius 3 is 2.90 bits per heavy atom. The first-order valence-corrected chi connectivity index (χ1v) is 10.2. The predicted octanol–water partition coefficient (Wildman–Crippen LogP) is 4.67. The van der Waals surface area contributed by atoms with E-state index < -0.39 is 5.60 Å². The second-order valence-electron chi connectivity index (χ2n) is 8.12. The highest BCUT2D eigenvalue weighted by Crippen LogP contribution is 2.30. The van der Waals surface area contributed by atoms with Crippen molar-refractivity contribution >= 4 is 21.7 Å². The van der Waals surface area contributed by atoms with Crippen molar-refractivity contribution in [2.24, 2.45) is 0 Å². The summed E-state index contributed by atoms with van der Waals surface area (Å²) in [5.74, 6) is 0. The van der Waals surface area contributed by atoms with Gasteiger partial charge in [-0.3, -0.25) is 10.1 Å². The molecule has 2 atom stereocenters. The molecular weight excluding hydrogens is 360 g/mol. The summed E-state index contributed by atoms with van der Waals surface area (Å²) in [5.41, 5.74) is 2.05. The molecule has 0 fully saturated rings. The van der Waals surface area contributed by atoms with Crippen molar-refractivity contribution in [1.82, 2.24) is 20.5 Å². The third-order valence-corrected chi connectivity index (χ3v) is 5.66. The van der Waals surface area contributed by atoms with Gasteiger partial charge in [-0.05, 0) is 62.3 Å². The molecule has 4 aromatic rings. The average Bonchev–Trinajstić information content (AvgIpc) is 3.17. The van der Waals surface area contributed by atoms with Gasteiger partial charge in [0.1, 0.15) is 5.60 Å². The van der Waals surface area contributed by atoms with Crippen molar-refractivity contribution in [3.05, 3.63) is 72.2 Å². The highest BCUT2D eigenvalue weighted by molar-refractivity contribution is 5.82. The van der Waals surface area contributed by atoms with Crippen molar-refractivity contribution in [2.45, 2.75) is 51.3 Å². The maximum absolute atomic E-state index is 11.0. The number of aromatic nitrogens is 3. The van der Waals surface area contributed by atoms with E-state index in [4.69, 9.17) is 0 Å². The van der Waals surface area contributed by atoms with Crippen LogP contribution in [-0.4, -0.2) is 26.3 Å². The molecule has 2 aromatic carbocycles. The Bertz CT molecular complexity index is 1100. The van der Waals surface area contributed by atoms with Gasteiger partial charge in [0.05, 0.1) is 11.2 Å². The number of pyridine rings is 1. The minimum Gasteiger partial charge on any atom is -0.384 e. The normalized spacial score (nSPS) is 14.9. The third-order valence-electron chi connectivity index (χ3n) is 5.66. The lowest BCUT2D eigenvalue weighted by molar-refractivity contribution is 0.0413. The van der Waals surface area contributed by atoms with Crippen LogP contribution in [0.4, 0.5) is 0 Å². The molecule has 0 aliphatic rings. The summed E-state index contributed by atoms with van der Waals surface area (Å²) < 4.78 is 0. The molecule has 29 heavy (non-hydrogen) atoms. The highest BCUT2D eigenvalue weighted by atomic mass is 16.3. The van der Waals surface area contributed by atoms with E-state index in [9.17, 15) is 5.11 Å². The smallest absolute Gasteiger partial charge is 0.104 e. The molecule has 2 heterocycles. The number of nitrogens with zero attached hydrogens (tertiary/aromatic N) is 2. The summed E-state index contributed by atoms with van der Waals surface area (Å²) in [7, 11) is 0. The molecule has 0 saturated carbocycles. The lowest BCUT2D eigenvalue weighted by Crippen LogP contribution is -2.27. The first-order chi connectivity index (χ1) is 14.0. The monoisotopic (exact) mass is 388 g/mol. The van der Waals surface area contributed by atoms with Gasteiger partial charge in [-0.15, -0.1) is 0 Å². The van der Waals surface area contributed by atoms with Crippen molar-refractivity contribution < 1.29 is 5.11 Å². The van der Waals surface area contributed by atoms with Crippen LogP contribution in [0, 0.1) is 0 Å². The van der Waals surface area contributed by atoms with E-state index in [1.165, 1.54) is 10.9 Å². The fourth-order valence-electron chi connectivity index (χ4n) is 3.88. The van der Waals surface area contributed by atoms with Crippen LogP contribution in [0.2, 0.25) is 0 Å². The number of fused-ring (bicyclic) bond motifs is 2. The van der Waals surface area contributed by atoms with Crippen LogP contribution in [0.15, 0.2) is 60.9 Å². The quantitative estimate of drug-likeness (QED) is 0.410. The van der Waals surface area contributed by atoms with Gasteiger partial charge >= 0.3 is 0 Å². The fraction of sp³-hybridized carbons (Fsp3) is 0.333. The molecule has 0 aliphatic heterocycles. The zero-order chi connectivity index (χ0) is 20.3. The first-order valence-electron chi connectivity index (χ1n) is 10.2. The van der Waals surface area contributed by atoms with Crippen molar-refractivity contribution in [3.63, 3.8) is 0 Å². The molecule has 1 unspecified atom stereocenters. The zero-order valence-electron chi connectivity index (χ0n) is 17.0. The van der Waals surface area contributed by atoms with E-state index in [0.717, 1.165) is 41.4 Å². The van der Waals surface area contributed by atoms with E-state index in [1.807, 2.05) is 49.6 Å². The van der Waals surface area contributed by atoms with E-state index in [-0.39, 0.29) is 0 Å². The summed E-state index contributed by atoms with van der Waals surface area (Å²) >= 11 is 0. The van der Waals surface area contributed by atoms with Crippen LogP contribution in [0.1, 0.15) is 44.4 Å². The molecule has 0 aliphatic carbocycles. The number of benzene rings is 2. The minimum atomic E-state index is -0.914. The molecule has 0 spiro atoms. The summed E-state index contributed by atoms with van der Waals surface area (Å²) in [6, 6.07) is 16.8. The number of aromatic amines is 1. The highest BCUT2D eigenvalue weighted by Gasteiger charge is 2.27. The third kappa shape index (κ3) is 4.47. The number of hydrogen-bond acceptors (Lipinski definition) is 4. The molecular formula is C24H28N4O. The van der Waals surface area contributed by atoms with Gasteiger partial charge in [-0.2, -0.15) is 5.10 Å². The second-order valence-corrected chi connectivity index (χ2v) is 8.12. The Labute approximate surface area is 171 Å². The number of hydrogen-bond donors (Lipinski definition) is 3. The van der Waals surface area contributed by atoms with Crippen LogP contribution in [0.3, 0.4) is 0 Å². The van der Waals surface area contributed by atoms with E-state index in [1.54, 1.807) is 0 Å². The molecule has 0 bridgehead atoms. The average molecular weight is 389 g/mol. The van der Waals surface area contributed by atoms with Gasteiger partial charge in [-0.25, -0.2) is 0 Å². The second kappa shape index (κ2) is 8.31. The van der Waals surface area contributed by atoms with Crippen molar-refractivity contribution in [3.8, 4) is 0 Å². The van der Waals surface area contributed by atoms with E-state index in [0.29, 0.717) is 12.5 Å². The van der Waals surface area contributed by atoms with Crippen LogP contribution < -0.4 is 5.32 Å². The molecule has 150 valence electrons. The maximum Gasteiger partial charge on any atom is 0.104 e. The van der Waals surface area contributed by atoms with Crippen molar-refractivity contribution in [2.75, 3.05) is 0 Å². The molecule has 2 aromatic heterocycles. The topological polar surface area (TPSA) is 73.8 Å². The number of H-pyrrole nitrogens is 1. The molecule has 3 N–H and O–H groups in total. The SMILES string of the molecule is C[C@H](CCCC(C)(O)c1[nH]nc2ccccc12)NCc1ccc2cnccc2c1. The Balaban J connectivity index is 1.29. The maximum atomic E-state index is 11.0. The fourth-order valence-corrected chi connectivity index (χ4v) is 3.88. The first kappa shape index (κ1) is 19.6. The van der Waals surface area contributed by atoms with Gasteiger partial charge in [0.15, 0.2) is 0 Å². The Morgan fingerprint density at radius 1 is 1.14 bits per heavy atom.